The van der Waals surface area contributed by atoms with Crippen molar-refractivity contribution in [1.29, 1.82) is 0 Å². The van der Waals surface area contributed by atoms with Crippen LogP contribution in [0.4, 0.5) is 9.18 Å². The first kappa shape index (κ1) is 21.0. The lowest BCUT2D eigenvalue weighted by Crippen LogP contribution is -2.51. The Morgan fingerprint density at radius 1 is 1.38 bits per heavy atom. The van der Waals surface area contributed by atoms with Crippen LogP contribution in [0.1, 0.15) is 44.0 Å². The van der Waals surface area contributed by atoms with Gasteiger partial charge < -0.3 is 14.5 Å². The van der Waals surface area contributed by atoms with Gasteiger partial charge in [-0.2, -0.15) is 0 Å². The molecule has 1 fully saturated rings. The number of nitrogens with zero attached hydrogens (tertiary/aromatic N) is 2. The van der Waals surface area contributed by atoms with Crippen LogP contribution in [0.25, 0.3) is 0 Å². The summed E-state index contributed by atoms with van der Waals surface area (Å²) in [6, 6.07) is 2.28. The lowest BCUT2D eigenvalue weighted by atomic mass is 10.0. The van der Waals surface area contributed by atoms with Gasteiger partial charge >= 0.3 is 6.09 Å². The molecule has 8 heteroatoms. The van der Waals surface area contributed by atoms with Gasteiger partial charge in [-0.05, 0) is 61.7 Å². The average Bonchev–Trinajstić information content (AvgIpc) is 2.55. The van der Waals surface area contributed by atoms with Gasteiger partial charge in [0.2, 0.25) is 0 Å². The second kappa shape index (κ2) is 8.13. The maximum absolute atomic E-state index is 14.2. The van der Waals surface area contributed by atoms with Crippen LogP contribution in [0.5, 0.6) is 0 Å². The van der Waals surface area contributed by atoms with E-state index in [1.807, 2.05) is 20.8 Å². The van der Waals surface area contributed by atoms with Crippen LogP contribution in [0, 0.1) is 5.82 Å². The molecule has 2 amide bonds. The summed E-state index contributed by atoms with van der Waals surface area (Å²) < 4.78 is 20.0. The van der Waals surface area contributed by atoms with Crippen molar-refractivity contribution in [2.24, 2.45) is 0 Å². The molecule has 1 aliphatic heterocycles. The topological polar surface area (TPSA) is 49.9 Å². The highest BCUT2D eigenvalue weighted by Crippen LogP contribution is 2.27. The second-order valence-electron chi connectivity index (χ2n) is 7.38. The van der Waals surface area contributed by atoms with Gasteiger partial charge in [-0.3, -0.25) is 4.79 Å². The Balaban J connectivity index is 2.11. The molecule has 1 saturated heterocycles. The van der Waals surface area contributed by atoms with E-state index in [2.05, 4.69) is 15.9 Å². The number of amides is 2. The van der Waals surface area contributed by atoms with Crippen LogP contribution in [-0.2, 0) is 4.74 Å². The third-order valence-corrected chi connectivity index (χ3v) is 5.35. The maximum Gasteiger partial charge on any atom is 0.410 e. The van der Waals surface area contributed by atoms with Gasteiger partial charge in [-0.25, -0.2) is 9.18 Å². The number of benzene rings is 1. The van der Waals surface area contributed by atoms with Crippen LogP contribution in [0.15, 0.2) is 16.6 Å². The number of likely N-dealkylation sites (tertiary alicyclic amines) is 1. The summed E-state index contributed by atoms with van der Waals surface area (Å²) in [5.41, 5.74) is -0.636. The first-order valence-corrected chi connectivity index (χ1v) is 9.56. The number of likely N-dealkylation sites (N-methyl/N-ethyl adjacent to an activating group) is 1. The molecule has 1 aliphatic rings. The van der Waals surface area contributed by atoms with Crippen molar-refractivity contribution in [2.45, 2.75) is 45.3 Å². The summed E-state index contributed by atoms with van der Waals surface area (Å²) in [5.74, 6) is -1.12. The Kier molecular flexibility index (Phi) is 6.55. The number of hydrogen-bond acceptors (Lipinski definition) is 3. The zero-order valence-electron chi connectivity index (χ0n) is 15.3. The Hall–Kier alpha value is -1.34. The Morgan fingerprint density at radius 2 is 2.04 bits per heavy atom. The largest absolute Gasteiger partial charge is 0.444 e. The fraction of sp³-hybridized carbons (Fsp3) is 0.556. The molecule has 0 aliphatic carbocycles. The highest BCUT2D eigenvalue weighted by molar-refractivity contribution is 9.10. The van der Waals surface area contributed by atoms with Gasteiger partial charge in [-0.15, -0.1) is 0 Å². The third-order valence-electron chi connectivity index (χ3n) is 4.16. The standard InChI is InChI=1S/C18H23BrClFN2O3/c1-18(2,3)26-17(25)23-7-5-6-11(10-23)22(4)16(24)12-8-13(19)14(20)9-15(12)21/h8-9,11H,5-7,10H2,1-4H3/t11-/m0/s1. The summed E-state index contributed by atoms with van der Waals surface area (Å²) in [6.45, 7) is 6.36. The van der Waals surface area contributed by atoms with Crippen molar-refractivity contribution >= 4 is 39.5 Å². The molecule has 0 aromatic heterocycles. The molecule has 2 rings (SSSR count). The van der Waals surface area contributed by atoms with E-state index in [1.165, 1.54) is 11.0 Å². The van der Waals surface area contributed by atoms with Crippen LogP contribution < -0.4 is 0 Å². The molecule has 1 aromatic carbocycles. The molecule has 144 valence electrons. The van der Waals surface area contributed by atoms with Crippen molar-refractivity contribution in [3.63, 3.8) is 0 Å². The summed E-state index contributed by atoms with van der Waals surface area (Å²) in [5, 5.41) is 0.204. The van der Waals surface area contributed by atoms with Gasteiger partial charge in [0, 0.05) is 30.7 Å². The number of carbonyl (C=O) groups excluding carboxylic acids is 2. The predicted molar refractivity (Wildman–Crippen MR) is 102 cm³/mol. The highest BCUT2D eigenvalue weighted by atomic mass is 79.9. The molecule has 0 bridgehead atoms. The van der Waals surface area contributed by atoms with Crippen LogP contribution in [0.2, 0.25) is 5.02 Å². The minimum absolute atomic E-state index is 0.0573. The van der Waals surface area contributed by atoms with Crippen LogP contribution in [0.3, 0.4) is 0 Å². The molecule has 5 nitrogen and oxygen atoms in total. The minimum Gasteiger partial charge on any atom is -0.444 e. The van der Waals surface area contributed by atoms with Gasteiger partial charge in [-0.1, -0.05) is 11.6 Å². The van der Waals surface area contributed by atoms with Gasteiger partial charge in [0.15, 0.2) is 0 Å². The van der Waals surface area contributed by atoms with Crippen molar-refractivity contribution in [2.75, 3.05) is 20.1 Å². The molecule has 0 saturated carbocycles. The molecule has 1 atom stereocenters. The molecule has 0 N–H and O–H groups in total. The maximum atomic E-state index is 14.2. The zero-order chi connectivity index (χ0) is 19.6. The van der Waals surface area contributed by atoms with E-state index < -0.39 is 23.4 Å². The summed E-state index contributed by atoms with van der Waals surface area (Å²) in [4.78, 5) is 28.1. The summed E-state index contributed by atoms with van der Waals surface area (Å²) in [6.07, 6.45) is 1.08. The average molecular weight is 450 g/mol. The van der Waals surface area contributed by atoms with E-state index in [4.69, 9.17) is 16.3 Å². The lowest BCUT2D eigenvalue weighted by Gasteiger charge is -2.38. The Labute approximate surface area is 166 Å². The molecule has 0 unspecified atom stereocenters. The van der Waals surface area contributed by atoms with Crippen molar-refractivity contribution in [3.8, 4) is 0 Å². The van der Waals surface area contributed by atoms with E-state index >= 15 is 0 Å². The van der Waals surface area contributed by atoms with Gasteiger partial charge in [0.1, 0.15) is 11.4 Å². The molecular formula is C18H23BrClFN2O3. The number of rotatable bonds is 2. The molecule has 0 spiro atoms. The van der Waals surface area contributed by atoms with Gasteiger partial charge in [0.25, 0.3) is 5.91 Å². The molecule has 0 radical (unpaired) electrons. The molecular weight excluding hydrogens is 427 g/mol. The quantitative estimate of drug-likeness (QED) is 0.614. The third kappa shape index (κ3) is 5.10. The minimum atomic E-state index is -0.671. The molecule has 1 heterocycles. The van der Waals surface area contributed by atoms with E-state index in [1.54, 1.807) is 11.9 Å². The highest BCUT2D eigenvalue weighted by Gasteiger charge is 2.32. The monoisotopic (exact) mass is 448 g/mol. The first-order chi connectivity index (χ1) is 12.0. The lowest BCUT2D eigenvalue weighted by molar-refractivity contribution is 0.0122. The van der Waals surface area contributed by atoms with E-state index in [0.717, 1.165) is 18.9 Å². The first-order valence-electron chi connectivity index (χ1n) is 8.39. The summed E-state index contributed by atoms with van der Waals surface area (Å²) >= 11 is 9.07. The fourth-order valence-electron chi connectivity index (χ4n) is 2.81. The van der Waals surface area contributed by atoms with E-state index in [-0.39, 0.29) is 16.6 Å². The number of carbonyl (C=O) groups is 2. The SMILES string of the molecule is CN(C(=O)c1cc(Br)c(Cl)cc1F)[C@H]1CCCN(C(=O)OC(C)(C)C)C1. The van der Waals surface area contributed by atoms with Crippen LogP contribution in [-0.4, -0.2) is 53.6 Å². The number of halogens is 3. The predicted octanol–water partition coefficient (Wildman–Crippen LogP) is 4.71. The number of piperidine rings is 1. The normalized spacial score (nSPS) is 17.8. The van der Waals surface area contributed by atoms with Gasteiger partial charge in [0.05, 0.1) is 10.6 Å². The van der Waals surface area contributed by atoms with Crippen molar-refractivity contribution in [3.05, 3.63) is 33.0 Å². The summed E-state index contributed by atoms with van der Waals surface area (Å²) in [7, 11) is 1.62. The fourth-order valence-corrected chi connectivity index (χ4v) is 3.30. The Bertz CT molecular complexity index is 708. The zero-order valence-corrected chi connectivity index (χ0v) is 17.7. The molecule has 26 heavy (non-hydrogen) atoms. The second-order valence-corrected chi connectivity index (χ2v) is 8.65. The van der Waals surface area contributed by atoms with E-state index in [0.29, 0.717) is 17.6 Å². The van der Waals surface area contributed by atoms with Crippen molar-refractivity contribution < 1.29 is 18.7 Å². The van der Waals surface area contributed by atoms with E-state index in [9.17, 15) is 14.0 Å². The van der Waals surface area contributed by atoms with Crippen molar-refractivity contribution in [1.82, 2.24) is 9.80 Å². The number of hydrogen-bond donors (Lipinski definition) is 0. The Morgan fingerprint density at radius 3 is 2.65 bits per heavy atom. The number of ether oxygens (including phenoxy) is 1. The van der Waals surface area contributed by atoms with Crippen LogP contribution >= 0.6 is 27.5 Å². The smallest absolute Gasteiger partial charge is 0.410 e. The molecule has 1 aromatic rings.